The average molecular weight is 252 g/mol. The second-order valence-corrected chi connectivity index (χ2v) is 5.99. The van der Waals surface area contributed by atoms with Crippen LogP contribution in [0, 0.1) is 5.92 Å². The number of hydrogen-bond acceptors (Lipinski definition) is 2. The van der Waals surface area contributed by atoms with E-state index in [1.54, 1.807) is 0 Å². The molecule has 1 saturated carbocycles. The Morgan fingerprint density at radius 3 is 2.50 bits per heavy atom. The zero-order chi connectivity index (χ0) is 12.6. The quantitative estimate of drug-likeness (QED) is 0.738. The van der Waals surface area contributed by atoms with Gasteiger partial charge < -0.3 is 10.6 Å². The fourth-order valence-electron chi connectivity index (χ4n) is 3.29. The van der Waals surface area contributed by atoms with E-state index in [0.717, 1.165) is 25.9 Å². The summed E-state index contributed by atoms with van der Waals surface area (Å²) in [5, 5.41) is 6.57. The first kappa shape index (κ1) is 13.9. The third-order valence-electron chi connectivity index (χ3n) is 4.43. The van der Waals surface area contributed by atoms with Crippen LogP contribution in [0.15, 0.2) is 0 Å². The fraction of sp³-hybridized carbons (Fsp3) is 0.933. The zero-order valence-electron chi connectivity index (χ0n) is 11.5. The van der Waals surface area contributed by atoms with Crippen molar-refractivity contribution in [3.8, 4) is 0 Å². The van der Waals surface area contributed by atoms with Crippen molar-refractivity contribution in [3.05, 3.63) is 0 Å². The molecule has 2 rings (SSSR count). The van der Waals surface area contributed by atoms with Crippen molar-refractivity contribution in [2.45, 2.75) is 70.3 Å². The van der Waals surface area contributed by atoms with Gasteiger partial charge in [-0.05, 0) is 44.6 Å². The lowest BCUT2D eigenvalue weighted by Gasteiger charge is -2.15. The topological polar surface area (TPSA) is 41.1 Å². The highest BCUT2D eigenvalue weighted by molar-refractivity contribution is 5.76. The predicted molar refractivity (Wildman–Crippen MR) is 74.5 cm³/mol. The number of carbonyl (C=O) groups excluding carboxylic acids is 1. The molecule has 104 valence electrons. The van der Waals surface area contributed by atoms with Crippen LogP contribution in [-0.4, -0.2) is 25.0 Å². The van der Waals surface area contributed by atoms with E-state index in [1.165, 1.54) is 51.4 Å². The number of hydrogen-bond donors (Lipinski definition) is 2. The second kappa shape index (κ2) is 7.78. The van der Waals surface area contributed by atoms with E-state index in [4.69, 9.17) is 0 Å². The van der Waals surface area contributed by atoms with Crippen LogP contribution >= 0.6 is 0 Å². The zero-order valence-corrected chi connectivity index (χ0v) is 11.5. The smallest absolute Gasteiger partial charge is 0.220 e. The molecule has 0 aromatic heterocycles. The predicted octanol–water partition coefficient (Wildman–Crippen LogP) is 2.61. The Labute approximate surface area is 111 Å². The van der Waals surface area contributed by atoms with Gasteiger partial charge in [0.1, 0.15) is 0 Å². The summed E-state index contributed by atoms with van der Waals surface area (Å²) in [5.74, 6) is 0.928. The van der Waals surface area contributed by atoms with E-state index in [1.807, 2.05) is 0 Å². The molecule has 0 radical (unpaired) electrons. The molecule has 1 aliphatic heterocycles. The number of amides is 1. The summed E-state index contributed by atoms with van der Waals surface area (Å²) in [6, 6.07) is 0.642. The molecule has 1 atom stereocenters. The number of carbonyl (C=O) groups is 1. The summed E-state index contributed by atoms with van der Waals surface area (Å²) in [5.41, 5.74) is 0. The van der Waals surface area contributed by atoms with E-state index in [9.17, 15) is 4.79 Å². The van der Waals surface area contributed by atoms with E-state index < -0.39 is 0 Å². The van der Waals surface area contributed by atoms with Crippen molar-refractivity contribution in [1.82, 2.24) is 10.6 Å². The minimum Gasteiger partial charge on any atom is -0.356 e. The molecule has 0 spiro atoms. The van der Waals surface area contributed by atoms with E-state index in [0.29, 0.717) is 12.0 Å². The maximum Gasteiger partial charge on any atom is 0.220 e. The van der Waals surface area contributed by atoms with Gasteiger partial charge in [0.25, 0.3) is 0 Å². The summed E-state index contributed by atoms with van der Waals surface area (Å²) >= 11 is 0. The van der Waals surface area contributed by atoms with Gasteiger partial charge in [0.2, 0.25) is 5.91 Å². The van der Waals surface area contributed by atoms with Crippen molar-refractivity contribution in [3.63, 3.8) is 0 Å². The number of nitrogens with one attached hydrogen (secondary N) is 2. The summed E-state index contributed by atoms with van der Waals surface area (Å²) in [7, 11) is 0. The van der Waals surface area contributed by atoms with Crippen molar-refractivity contribution < 1.29 is 4.79 Å². The minimum atomic E-state index is 0.278. The molecule has 3 heteroatoms. The first-order chi connectivity index (χ1) is 8.84. The molecule has 3 nitrogen and oxygen atoms in total. The largest absolute Gasteiger partial charge is 0.356 e. The van der Waals surface area contributed by atoms with E-state index in [2.05, 4.69) is 10.6 Å². The van der Waals surface area contributed by atoms with Gasteiger partial charge in [0.15, 0.2) is 0 Å². The van der Waals surface area contributed by atoms with Gasteiger partial charge in [-0.15, -0.1) is 0 Å². The third kappa shape index (κ3) is 4.97. The first-order valence-electron chi connectivity index (χ1n) is 7.84. The van der Waals surface area contributed by atoms with Gasteiger partial charge in [0.05, 0.1) is 0 Å². The molecule has 18 heavy (non-hydrogen) atoms. The molecule has 0 bridgehead atoms. The average Bonchev–Trinajstić information content (AvgIpc) is 2.74. The lowest BCUT2D eigenvalue weighted by atomic mass is 9.96. The molecule has 1 heterocycles. The minimum absolute atomic E-state index is 0.278. The van der Waals surface area contributed by atoms with Crippen LogP contribution in [0.4, 0.5) is 0 Å². The fourth-order valence-corrected chi connectivity index (χ4v) is 3.29. The molecule has 1 amide bonds. The summed E-state index contributed by atoms with van der Waals surface area (Å²) in [4.78, 5) is 11.9. The van der Waals surface area contributed by atoms with Crippen molar-refractivity contribution >= 4 is 5.91 Å². The first-order valence-corrected chi connectivity index (χ1v) is 7.84. The Kier molecular flexibility index (Phi) is 5.98. The van der Waals surface area contributed by atoms with Crippen LogP contribution in [0.25, 0.3) is 0 Å². The molecule has 2 N–H and O–H groups in total. The van der Waals surface area contributed by atoms with Crippen molar-refractivity contribution in [2.75, 3.05) is 13.1 Å². The summed E-state index contributed by atoms with van der Waals surface area (Å²) in [6.07, 6.45) is 12.3. The summed E-state index contributed by atoms with van der Waals surface area (Å²) < 4.78 is 0. The highest BCUT2D eigenvalue weighted by Gasteiger charge is 2.17. The van der Waals surface area contributed by atoms with E-state index in [-0.39, 0.29) is 5.91 Å². The maximum atomic E-state index is 11.9. The van der Waals surface area contributed by atoms with Crippen molar-refractivity contribution in [1.29, 1.82) is 0 Å². The second-order valence-electron chi connectivity index (χ2n) is 5.99. The Hall–Kier alpha value is -0.570. The third-order valence-corrected chi connectivity index (χ3v) is 4.43. The van der Waals surface area contributed by atoms with Gasteiger partial charge in [-0.2, -0.15) is 0 Å². The Morgan fingerprint density at radius 1 is 1.06 bits per heavy atom. The Bertz CT molecular complexity index is 241. The molecular formula is C15H28N2O. The summed E-state index contributed by atoms with van der Waals surface area (Å²) in [6.45, 7) is 2.00. The van der Waals surface area contributed by atoms with Crippen molar-refractivity contribution in [2.24, 2.45) is 5.92 Å². The van der Waals surface area contributed by atoms with Gasteiger partial charge in [-0.25, -0.2) is 0 Å². The molecule has 2 aliphatic rings. The van der Waals surface area contributed by atoms with Gasteiger partial charge in [-0.3, -0.25) is 4.79 Å². The van der Waals surface area contributed by atoms with Crippen LogP contribution in [0.5, 0.6) is 0 Å². The molecule has 0 aromatic rings. The Morgan fingerprint density at radius 2 is 1.83 bits per heavy atom. The van der Waals surface area contributed by atoms with Crippen LogP contribution in [0.2, 0.25) is 0 Å². The highest BCUT2D eigenvalue weighted by atomic mass is 16.1. The van der Waals surface area contributed by atoms with E-state index >= 15 is 0 Å². The maximum absolute atomic E-state index is 11.9. The molecule has 0 aromatic carbocycles. The molecule has 2 fully saturated rings. The van der Waals surface area contributed by atoms with Gasteiger partial charge in [0, 0.05) is 19.0 Å². The highest BCUT2D eigenvalue weighted by Crippen LogP contribution is 2.25. The van der Waals surface area contributed by atoms with Crippen LogP contribution in [0.1, 0.15) is 64.2 Å². The number of rotatable bonds is 5. The van der Waals surface area contributed by atoms with Crippen LogP contribution in [0.3, 0.4) is 0 Å². The van der Waals surface area contributed by atoms with Gasteiger partial charge in [-0.1, -0.05) is 25.7 Å². The lowest BCUT2D eigenvalue weighted by molar-refractivity contribution is -0.122. The van der Waals surface area contributed by atoms with Gasteiger partial charge >= 0.3 is 0 Å². The normalized spacial score (nSPS) is 25.9. The molecular weight excluding hydrogens is 224 g/mol. The van der Waals surface area contributed by atoms with Crippen LogP contribution < -0.4 is 10.6 Å². The molecule has 1 saturated heterocycles. The lowest BCUT2D eigenvalue weighted by Crippen LogP contribution is -2.31. The standard InChI is InChI=1S/C15H28N2O/c18-15(12-13-6-3-1-2-4-7-13)17-11-9-14-8-5-10-16-14/h13-14,16H,1-12H2,(H,17,18). The van der Waals surface area contributed by atoms with Crippen LogP contribution in [-0.2, 0) is 4.79 Å². The molecule has 1 unspecified atom stereocenters. The monoisotopic (exact) mass is 252 g/mol. The Balaban J connectivity index is 1.56. The molecule has 1 aliphatic carbocycles. The SMILES string of the molecule is O=C(CC1CCCCCC1)NCCC1CCCN1.